The van der Waals surface area contributed by atoms with Crippen molar-refractivity contribution in [1.82, 2.24) is 14.9 Å². The van der Waals surface area contributed by atoms with E-state index in [0.29, 0.717) is 12.0 Å². The number of sulfonamides is 1. The zero-order valence-electron chi connectivity index (χ0n) is 16.7. The maximum absolute atomic E-state index is 12.3. The van der Waals surface area contributed by atoms with E-state index >= 15 is 0 Å². The Balaban J connectivity index is 1.47. The smallest absolute Gasteiger partial charge is 0.213 e. The Hall–Kier alpha value is -0.860. The molecule has 2 N–H and O–H groups in total. The van der Waals surface area contributed by atoms with E-state index in [1.165, 1.54) is 32.1 Å². The molecular formula is C19H36N4O3S. The first-order valence-corrected chi connectivity index (χ1v) is 12.3. The summed E-state index contributed by atoms with van der Waals surface area (Å²) in [6.07, 6.45) is 9.70. The first-order chi connectivity index (χ1) is 13.0. The van der Waals surface area contributed by atoms with E-state index < -0.39 is 10.0 Å². The van der Waals surface area contributed by atoms with Crippen LogP contribution in [-0.2, 0) is 14.8 Å². The molecule has 1 unspecified atom stereocenters. The van der Waals surface area contributed by atoms with E-state index in [-0.39, 0.29) is 18.4 Å². The van der Waals surface area contributed by atoms with Gasteiger partial charge < -0.3 is 15.0 Å². The van der Waals surface area contributed by atoms with Gasteiger partial charge in [-0.1, -0.05) is 12.8 Å². The van der Waals surface area contributed by atoms with E-state index in [4.69, 9.17) is 4.74 Å². The first-order valence-electron chi connectivity index (χ1n) is 10.6. The van der Waals surface area contributed by atoms with Gasteiger partial charge in [-0.25, -0.2) is 13.1 Å². The molecule has 0 amide bonds. The van der Waals surface area contributed by atoms with Crippen molar-refractivity contribution in [3.63, 3.8) is 0 Å². The summed E-state index contributed by atoms with van der Waals surface area (Å²) in [7, 11) is -3.32. The van der Waals surface area contributed by atoms with Crippen molar-refractivity contribution in [2.45, 2.75) is 64.4 Å². The zero-order chi connectivity index (χ0) is 19.2. The number of nitrogens with zero attached hydrogens (tertiary/aromatic N) is 2. The highest BCUT2D eigenvalue weighted by molar-refractivity contribution is 7.89. The van der Waals surface area contributed by atoms with Crippen molar-refractivity contribution < 1.29 is 13.2 Å². The lowest BCUT2D eigenvalue weighted by Crippen LogP contribution is -2.41. The fourth-order valence-corrected chi connectivity index (χ4v) is 5.52. The van der Waals surface area contributed by atoms with Crippen LogP contribution >= 0.6 is 0 Å². The summed E-state index contributed by atoms with van der Waals surface area (Å²) in [6.45, 7) is 6.33. The molecule has 8 heteroatoms. The molecule has 1 saturated carbocycles. The van der Waals surface area contributed by atoms with E-state index in [2.05, 4.69) is 26.9 Å². The van der Waals surface area contributed by atoms with Crippen LogP contribution < -0.4 is 10.0 Å². The number of rotatable bonds is 7. The van der Waals surface area contributed by atoms with Gasteiger partial charge >= 0.3 is 0 Å². The Morgan fingerprint density at radius 3 is 2.74 bits per heavy atom. The molecule has 2 saturated heterocycles. The Morgan fingerprint density at radius 1 is 1.22 bits per heavy atom. The minimum Gasteiger partial charge on any atom is -0.377 e. The van der Waals surface area contributed by atoms with Gasteiger partial charge in [0.15, 0.2) is 5.96 Å². The van der Waals surface area contributed by atoms with E-state index in [1.807, 2.05) is 0 Å². The maximum atomic E-state index is 12.3. The predicted octanol–water partition coefficient (Wildman–Crippen LogP) is 1.71. The summed E-state index contributed by atoms with van der Waals surface area (Å²) in [4.78, 5) is 6.94. The highest BCUT2D eigenvalue weighted by Gasteiger charge is 2.41. The molecule has 7 nitrogen and oxygen atoms in total. The van der Waals surface area contributed by atoms with Gasteiger partial charge in [0.1, 0.15) is 0 Å². The average molecular weight is 401 g/mol. The highest BCUT2D eigenvalue weighted by Crippen LogP contribution is 2.45. The van der Waals surface area contributed by atoms with Gasteiger partial charge in [-0.15, -0.1) is 0 Å². The second-order valence-electron chi connectivity index (χ2n) is 8.27. The molecule has 0 bridgehead atoms. The number of aliphatic imine (C=N–C) groups is 1. The first kappa shape index (κ1) is 20.9. The SMILES string of the molecule is CCNC(=NCCS(=O)(=O)NCC1CCCCO1)N1CCC2(CCCC2)C1. The van der Waals surface area contributed by atoms with Crippen LogP contribution in [0.2, 0.25) is 0 Å². The van der Waals surface area contributed by atoms with E-state index in [1.54, 1.807) is 0 Å². The second-order valence-corrected chi connectivity index (χ2v) is 10.2. The summed E-state index contributed by atoms with van der Waals surface area (Å²) in [5, 5.41) is 3.34. The third kappa shape index (κ3) is 6.06. The summed E-state index contributed by atoms with van der Waals surface area (Å²) in [5.74, 6) is 0.889. The van der Waals surface area contributed by atoms with Gasteiger partial charge in [-0.05, 0) is 50.9 Å². The lowest BCUT2D eigenvalue weighted by molar-refractivity contribution is 0.0200. The van der Waals surface area contributed by atoms with Gasteiger partial charge in [-0.2, -0.15) is 0 Å². The van der Waals surface area contributed by atoms with Crippen LogP contribution in [0, 0.1) is 5.41 Å². The van der Waals surface area contributed by atoms with Crippen molar-refractivity contribution in [2.24, 2.45) is 10.4 Å². The molecule has 3 aliphatic rings. The molecule has 27 heavy (non-hydrogen) atoms. The lowest BCUT2D eigenvalue weighted by Gasteiger charge is -2.26. The largest absolute Gasteiger partial charge is 0.377 e. The molecule has 3 fully saturated rings. The number of hydrogen-bond acceptors (Lipinski definition) is 4. The van der Waals surface area contributed by atoms with Crippen LogP contribution in [0.3, 0.4) is 0 Å². The quantitative estimate of drug-likeness (QED) is 0.502. The summed E-state index contributed by atoms with van der Waals surface area (Å²) < 4.78 is 32.8. The topological polar surface area (TPSA) is 83.0 Å². The third-order valence-corrected chi connectivity index (χ3v) is 7.49. The van der Waals surface area contributed by atoms with Gasteiger partial charge in [-0.3, -0.25) is 4.99 Å². The molecule has 1 spiro atoms. The highest BCUT2D eigenvalue weighted by atomic mass is 32.2. The van der Waals surface area contributed by atoms with Crippen LogP contribution in [0.5, 0.6) is 0 Å². The fourth-order valence-electron chi connectivity index (χ4n) is 4.61. The number of hydrogen-bond donors (Lipinski definition) is 2. The van der Waals surface area contributed by atoms with Crippen LogP contribution in [-0.4, -0.2) is 70.5 Å². The number of guanidine groups is 1. The summed E-state index contributed by atoms with van der Waals surface area (Å²) >= 11 is 0. The molecule has 0 radical (unpaired) electrons. The zero-order valence-corrected chi connectivity index (χ0v) is 17.5. The minimum absolute atomic E-state index is 0.0153. The fraction of sp³-hybridized carbons (Fsp3) is 0.947. The van der Waals surface area contributed by atoms with E-state index in [9.17, 15) is 8.42 Å². The molecule has 0 aromatic carbocycles. The maximum Gasteiger partial charge on any atom is 0.213 e. The Labute approximate surface area is 164 Å². The Bertz CT molecular complexity index is 596. The molecule has 2 heterocycles. The summed E-state index contributed by atoms with van der Waals surface area (Å²) in [5.41, 5.74) is 0.476. The van der Waals surface area contributed by atoms with Crippen molar-refractivity contribution >= 4 is 16.0 Å². The van der Waals surface area contributed by atoms with Gasteiger partial charge in [0, 0.05) is 32.8 Å². The molecular weight excluding hydrogens is 364 g/mol. The Morgan fingerprint density at radius 2 is 2.04 bits per heavy atom. The summed E-state index contributed by atoms with van der Waals surface area (Å²) in [6, 6.07) is 0. The van der Waals surface area contributed by atoms with Crippen molar-refractivity contribution in [2.75, 3.05) is 45.1 Å². The van der Waals surface area contributed by atoms with E-state index in [0.717, 1.165) is 51.5 Å². The molecule has 1 aliphatic carbocycles. The van der Waals surface area contributed by atoms with Crippen molar-refractivity contribution in [3.8, 4) is 0 Å². The van der Waals surface area contributed by atoms with Crippen LogP contribution in [0.4, 0.5) is 0 Å². The number of nitrogens with one attached hydrogen (secondary N) is 2. The number of ether oxygens (including phenoxy) is 1. The molecule has 0 aromatic heterocycles. The van der Waals surface area contributed by atoms with Crippen LogP contribution in [0.1, 0.15) is 58.3 Å². The van der Waals surface area contributed by atoms with Crippen molar-refractivity contribution in [3.05, 3.63) is 0 Å². The van der Waals surface area contributed by atoms with Gasteiger partial charge in [0.05, 0.1) is 18.4 Å². The monoisotopic (exact) mass is 400 g/mol. The van der Waals surface area contributed by atoms with Crippen LogP contribution in [0.15, 0.2) is 4.99 Å². The number of likely N-dealkylation sites (tertiary alicyclic amines) is 1. The van der Waals surface area contributed by atoms with Crippen LogP contribution in [0.25, 0.3) is 0 Å². The molecule has 2 aliphatic heterocycles. The molecule has 156 valence electrons. The molecule has 3 rings (SSSR count). The minimum atomic E-state index is -3.32. The average Bonchev–Trinajstić information content (AvgIpc) is 3.30. The molecule has 0 aromatic rings. The standard InChI is InChI=1S/C19H36N4O3S/c1-2-20-18(23-12-10-19(16-23)8-4-5-9-19)21-11-14-27(24,25)22-15-17-7-3-6-13-26-17/h17,22H,2-16H2,1H3,(H,20,21). The van der Waals surface area contributed by atoms with Gasteiger partial charge in [0.2, 0.25) is 10.0 Å². The van der Waals surface area contributed by atoms with Gasteiger partial charge in [0.25, 0.3) is 0 Å². The third-order valence-electron chi connectivity index (χ3n) is 6.16. The lowest BCUT2D eigenvalue weighted by atomic mass is 9.86. The Kier molecular flexibility index (Phi) is 7.39. The van der Waals surface area contributed by atoms with Crippen molar-refractivity contribution in [1.29, 1.82) is 0 Å². The normalized spacial score (nSPS) is 26.0. The predicted molar refractivity (Wildman–Crippen MR) is 108 cm³/mol. The molecule has 1 atom stereocenters. The second kappa shape index (κ2) is 9.56.